The zero-order valence-corrected chi connectivity index (χ0v) is 18.6. The van der Waals surface area contributed by atoms with Crippen molar-refractivity contribution in [1.82, 2.24) is 0 Å². The van der Waals surface area contributed by atoms with Crippen LogP contribution >= 0.6 is 0 Å². The van der Waals surface area contributed by atoms with E-state index in [1.807, 2.05) is 0 Å². The molecule has 0 aromatic rings. The van der Waals surface area contributed by atoms with Crippen LogP contribution in [0, 0.1) is 0 Å². The van der Waals surface area contributed by atoms with Crippen LogP contribution in [0.4, 0.5) is 0 Å². The van der Waals surface area contributed by atoms with E-state index in [4.69, 9.17) is 14.2 Å². The maximum Gasteiger partial charge on any atom is 0.228 e. The summed E-state index contributed by atoms with van der Waals surface area (Å²) < 4.78 is 15.9. The van der Waals surface area contributed by atoms with Gasteiger partial charge in [0, 0.05) is 17.8 Å². The van der Waals surface area contributed by atoms with Gasteiger partial charge >= 0.3 is 0 Å². The van der Waals surface area contributed by atoms with Crippen LogP contribution in [0.15, 0.2) is 22.7 Å². The highest BCUT2D eigenvalue weighted by Crippen LogP contribution is 2.28. The molecule has 0 radical (unpaired) electrons. The molecule has 28 heavy (non-hydrogen) atoms. The van der Waals surface area contributed by atoms with E-state index < -0.39 is 0 Å². The van der Waals surface area contributed by atoms with Gasteiger partial charge in [-0.05, 0) is 47.0 Å². The second kappa shape index (κ2) is 12.1. The second-order valence-electron chi connectivity index (χ2n) is 8.37. The Morgan fingerprint density at radius 3 is 1.68 bits per heavy atom. The van der Waals surface area contributed by atoms with Crippen molar-refractivity contribution in [3.05, 3.63) is 22.7 Å². The molecule has 1 aliphatic rings. The van der Waals surface area contributed by atoms with Gasteiger partial charge in [0.1, 0.15) is 0 Å². The van der Waals surface area contributed by atoms with Gasteiger partial charge in [0.15, 0.2) is 0 Å². The van der Waals surface area contributed by atoms with Crippen LogP contribution in [0.2, 0.25) is 0 Å². The van der Waals surface area contributed by atoms with Gasteiger partial charge in [0.2, 0.25) is 23.1 Å². The molecule has 0 amide bonds. The van der Waals surface area contributed by atoms with Crippen molar-refractivity contribution < 1.29 is 23.8 Å². The topological polar surface area (TPSA) is 61.8 Å². The van der Waals surface area contributed by atoms with Gasteiger partial charge in [-0.2, -0.15) is 0 Å². The Kier molecular flexibility index (Phi) is 10.5. The van der Waals surface area contributed by atoms with E-state index in [1.165, 1.54) is 39.9 Å². The lowest BCUT2D eigenvalue weighted by Crippen LogP contribution is -2.25. The highest BCUT2D eigenvalue weighted by atomic mass is 16.5. The van der Waals surface area contributed by atoms with Crippen LogP contribution in [0.5, 0.6) is 0 Å². The lowest BCUT2D eigenvalue weighted by molar-refractivity contribution is -0.121. The van der Waals surface area contributed by atoms with Gasteiger partial charge in [-0.1, -0.05) is 38.5 Å². The minimum Gasteiger partial charge on any atom is -0.489 e. The molecule has 0 bridgehead atoms. The number of carbonyl (C=O) groups is 2. The van der Waals surface area contributed by atoms with Crippen LogP contribution in [0.3, 0.4) is 0 Å². The number of ether oxygens (including phenoxy) is 3. The molecule has 160 valence electrons. The van der Waals surface area contributed by atoms with Gasteiger partial charge in [-0.15, -0.1) is 0 Å². The molecular formula is C23H38O5. The number of Topliss-reactive ketones (excluding diaryl/α,β-unsaturated/α-hetero) is 2. The fraction of sp³-hybridized carbons (Fsp3) is 0.739. The molecule has 1 rings (SSSR count). The molecule has 0 aromatic carbocycles. The van der Waals surface area contributed by atoms with E-state index in [9.17, 15) is 9.59 Å². The number of ketones is 2. The average molecular weight is 395 g/mol. The molecule has 0 aliphatic heterocycles. The molecule has 0 N–H and O–H groups in total. The third-order valence-corrected chi connectivity index (χ3v) is 4.95. The van der Waals surface area contributed by atoms with Gasteiger partial charge < -0.3 is 14.2 Å². The van der Waals surface area contributed by atoms with Crippen LogP contribution < -0.4 is 0 Å². The molecule has 5 heteroatoms. The molecule has 0 saturated carbocycles. The van der Waals surface area contributed by atoms with E-state index in [2.05, 4.69) is 20.8 Å². The van der Waals surface area contributed by atoms with E-state index in [-0.39, 0.29) is 28.7 Å². The Hall–Kier alpha value is -1.62. The number of carbonyl (C=O) groups excluding carboxylic acids is 2. The summed E-state index contributed by atoms with van der Waals surface area (Å²) in [6, 6.07) is 0. The lowest BCUT2D eigenvalue weighted by atomic mass is 9.89. The summed E-state index contributed by atoms with van der Waals surface area (Å²) in [5.74, 6) is -0.413. The first kappa shape index (κ1) is 24.4. The zero-order valence-electron chi connectivity index (χ0n) is 18.6. The Labute approximate surface area is 170 Å². The molecule has 1 aliphatic carbocycles. The second-order valence-corrected chi connectivity index (χ2v) is 8.37. The molecular weight excluding hydrogens is 356 g/mol. The molecule has 0 unspecified atom stereocenters. The van der Waals surface area contributed by atoms with Gasteiger partial charge in [-0.3, -0.25) is 9.59 Å². The number of hydrogen-bond donors (Lipinski definition) is 0. The molecule has 0 fully saturated rings. The number of hydrogen-bond acceptors (Lipinski definition) is 5. The summed E-state index contributed by atoms with van der Waals surface area (Å²) in [6.07, 6.45) is 9.77. The first-order valence-corrected chi connectivity index (χ1v) is 10.5. The number of rotatable bonds is 13. The van der Waals surface area contributed by atoms with Crippen molar-refractivity contribution in [3.63, 3.8) is 0 Å². The van der Waals surface area contributed by atoms with E-state index >= 15 is 0 Å². The smallest absolute Gasteiger partial charge is 0.228 e. The number of methoxy groups -OCH3 is 2. The van der Waals surface area contributed by atoms with Crippen LogP contribution in [-0.4, -0.2) is 38.0 Å². The summed E-state index contributed by atoms with van der Waals surface area (Å²) in [6.45, 7) is 8.80. The standard InChI is InChI=1S/C23H38O5/c1-17-18(20(25)22(27-6)21(26-5)19(17)24)15-13-11-9-7-8-10-12-14-16-28-23(2,3)4/h7-16H2,1-6H3. The average Bonchev–Trinajstić information content (AvgIpc) is 2.63. The Balaban J connectivity index is 2.22. The quantitative estimate of drug-likeness (QED) is 0.314. The summed E-state index contributed by atoms with van der Waals surface area (Å²) in [4.78, 5) is 24.9. The van der Waals surface area contributed by atoms with Gasteiger partial charge in [0.25, 0.3) is 0 Å². The van der Waals surface area contributed by atoms with Crippen molar-refractivity contribution in [1.29, 1.82) is 0 Å². The maximum absolute atomic E-state index is 12.6. The Morgan fingerprint density at radius 1 is 0.714 bits per heavy atom. The normalized spacial score (nSPS) is 15.5. The summed E-state index contributed by atoms with van der Waals surface area (Å²) >= 11 is 0. The van der Waals surface area contributed by atoms with Gasteiger partial charge in [-0.25, -0.2) is 0 Å². The van der Waals surface area contributed by atoms with Crippen molar-refractivity contribution in [3.8, 4) is 0 Å². The monoisotopic (exact) mass is 394 g/mol. The highest BCUT2D eigenvalue weighted by molar-refractivity contribution is 6.23. The van der Waals surface area contributed by atoms with Gasteiger partial charge in [0.05, 0.1) is 19.8 Å². The molecule has 5 nitrogen and oxygen atoms in total. The predicted molar refractivity (Wildman–Crippen MR) is 111 cm³/mol. The first-order valence-electron chi connectivity index (χ1n) is 10.5. The van der Waals surface area contributed by atoms with Crippen LogP contribution in [0.25, 0.3) is 0 Å². The summed E-state index contributed by atoms with van der Waals surface area (Å²) in [7, 11) is 2.78. The van der Waals surface area contributed by atoms with Crippen molar-refractivity contribution in [2.24, 2.45) is 0 Å². The SMILES string of the molecule is COC1=C(OC)C(=O)C(CCCCCCCCCCOC(C)(C)C)=C(C)C1=O. The molecule has 0 spiro atoms. The summed E-state index contributed by atoms with van der Waals surface area (Å²) in [5.41, 5.74) is 1.02. The van der Waals surface area contributed by atoms with E-state index in [0.717, 1.165) is 32.3 Å². The van der Waals surface area contributed by atoms with E-state index in [0.29, 0.717) is 17.6 Å². The molecule has 0 aromatic heterocycles. The van der Waals surface area contributed by atoms with E-state index in [1.54, 1.807) is 6.92 Å². The molecule has 0 atom stereocenters. The largest absolute Gasteiger partial charge is 0.489 e. The fourth-order valence-corrected chi connectivity index (χ4v) is 3.34. The first-order chi connectivity index (χ1) is 13.2. The minimum atomic E-state index is -0.246. The van der Waals surface area contributed by atoms with Crippen LogP contribution in [-0.2, 0) is 23.8 Å². The third kappa shape index (κ3) is 7.78. The summed E-state index contributed by atoms with van der Waals surface area (Å²) in [5, 5.41) is 0. The predicted octanol–water partition coefficient (Wildman–Crippen LogP) is 5.29. The zero-order chi connectivity index (χ0) is 21.2. The minimum absolute atomic E-state index is 0.0154. The van der Waals surface area contributed by atoms with Crippen molar-refractivity contribution in [2.45, 2.75) is 91.1 Å². The highest BCUT2D eigenvalue weighted by Gasteiger charge is 2.34. The lowest BCUT2D eigenvalue weighted by Gasteiger charge is -2.20. The Morgan fingerprint density at radius 2 is 1.18 bits per heavy atom. The fourth-order valence-electron chi connectivity index (χ4n) is 3.34. The van der Waals surface area contributed by atoms with Crippen molar-refractivity contribution >= 4 is 11.6 Å². The molecule has 0 saturated heterocycles. The van der Waals surface area contributed by atoms with Crippen molar-refractivity contribution in [2.75, 3.05) is 20.8 Å². The maximum atomic E-state index is 12.6. The van der Waals surface area contributed by atoms with Crippen LogP contribution in [0.1, 0.15) is 85.5 Å². The number of allylic oxidation sites excluding steroid dienone is 2. The Bertz CT molecular complexity index is 593. The third-order valence-electron chi connectivity index (χ3n) is 4.95. The molecule has 0 heterocycles. The number of unbranched alkanes of at least 4 members (excludes halogenated alkanes) is 7.